The number of ether oxygens (including phenoxy) is 1. The van der Waals surface area contributed by atoms with E-state index in [1.807, 2.05) is 11.0 Å². The SMILES string of the molecule is Cc1cccc(C)c1N(C(=S)CC(C)C)C1CCOC1=O. The summed E-state index contributed by atoms with van der Waals surface area (Å²) in [6, 6.07) is 5.88. The summed E-state index contributed by atoms with van der Waals surface area (Å²) in [5, 5.41) is 0. The van der Waals surface area contributed by atoms with Crippen molar-refractivity contribution in [1.29, 1.82) is 0 Å². The Morgan fingerprint density at radius 3 is 2.48 bits per heavy atom. The number of carbonyl (C=O) groups is 1. The zero-order valence-corrected chi connectivity index (χ0v) is 14.0. The van der Waals surface area contributed by atoms with Gasteiger partial charge in [-0.1, -0.05) is 44.3 Å². The van der Waals surface area contributed by atoms with Gasteiger partial charge < -0.3 is 9.64 Å². The predicted molar refractivity (Wildman–Crippen MR) is 89.8 cm³/mol. The molecule has 0 spiro atoms. The van der Waals surface area contributed by atoms with Crippen LogP contribution in [0.3, 0.4) is 0 Å². The first kappa shape index (κ1) is 16.0. The van der Waals surface area contributed by atoms with E-state index in [4.69, 9.17) is 17.0 Å². The molecular formula is C17H23NO2S. The summed E-state index contributed by atoms with van der Waals surface area (Å²) in [6.07, 6.45) is 1.50. The quantitative estimate of drug-likeness (QED) is 0.625. The van der Waals surface area contributed by atoms with E-state index < -0.39 is 0 Å². The van der Waals surface area contributed by atoms with Crippen molar-refractivity contribution in [1.82, 2.24) is 0 Å². The lowest BCUT2D eigenvalue weighted by Crippen LogP contribution is -2.43. The standard InChI is InChI=1S/C17H23NO2S/c1-11(2)10-15(21)18(14-8-9-20-17(14)19)16-12(3)6-5-7-13(16)4/h5-7,11,14H,8-10H2,1-4H3. The molecule has 21 heavy (non-hydrogen) atoms. The molecule has 0 aliphatic carbocycles. The molecule has 1 aromatic carbocycles. The van der Waals surface area contributed by atoms with Gasteiger partial charge in [0.1, 0.15) is 6.04 Å². The van der Waals surface area contributed by atoms with Crippen LogP contribution in [0.25, 0.3) is 0 Å². The number of anilines is 1. The first-order valence-electron chi connectivity index (χ1n) is 7.46. The van der Waals surface area contributed by atoms with Crippen LogP contribution in [0.4, 0.5) is 5.69 Å². The number of thiocarbonyl (C=S) groups is 1. The van der Waals surface area contributed by atoms with Gasteiger partial charge in [0.05, 0.1) is 11.6 Å². The molecule has 0 saturated carbocycles. The summed E-state index contributed by atoms with van der Waals surface area (Å²) in [7, 11) is 0. The molecule has 1 aliphatic rings. The molecule has 0 aromatic heterocycles. The Balaban J connectivity index is 2.45. The Bertz CT molecular complexity index is 533. The molecule has 1 aliphatic heterocycles. The van der Waals surface area contributed by atoms with Crippen molar-refractivity contribution in [2.75, 3.05) is 11.5 Å². The second kappa shape index (κ2) is 6.56. The molecule has 0 bridgehead atoms. The van der Waals surface area contributed by atoms with Gasteiger partial charge in [0.2, 0.25) is 0 Å². The fraction of sp³-hybridized carbons (Fsp3) is 0.529. The predicted octanol–water partition coefficient (Wildman–Crippen LogP) is 3.80. The zero-order chi connectivity index (χ0) is 15.6. The van der Waals surface area contributed by atoms with Gasteiger partial charge in [-0.25, -0.2) is 4.79 Å². The number of nitrogens with zero attached hydrogens (tertiary/aromatic N) is 1. The highest BCUT2D eigenvalue weighted by molar-refractivity contribution is 7.80. The highest BCUT2D eigenvalue weighted by Crippen LogP contribution is 2.31. The Morgan fingerprint density at radius 1 is 1.38 bits per heavy atom. The Kier molecular flexibility index (Phi) is 4.99. The average Bonchev–Trinajstić information content (AvgIpc) is 2.79. The highest BCUT2D eigenvalue weighted by Gasteiger charge is 2.35. The monoisotopic (exact) mass is 305 g/mol. The van der Waals surface area contributed by atoms with Gasteiger partial charge in [0.25, 0.3) is 0 Å². The van der Waals surface area contributed by atoms with Crippen LogP contribution >= 0.6 is 12.2 Å². The molecule has 1 fully saturated rings. The normalized spacial score (nSPS) is 18.0. The maximum absolute atomic E-state index is 12.1. The van der Waals surface area contributed by atoms with Crippen molar-refractivity contribution in [3.05, 3.63) is 29.3 Å². The van der Waals surface area contributed by atoms with Crippen LogP contribution in [0, 0.1) is 19.8 Å². The smallest absolute Gasteiger partial charge is 0.329 e. The second-order valence-corrected chi connectivity index (χ2v) is 6.55. The van der Waals surface area contributed by atoms with Crippen LogP contribution in [-0.4, -0.2) is 23.6 Å². The van der Waals surface area contributed by atoms with Crippen LogP contribution in [0.2, 0.25) is 0 Å². The Morgan fingerprint density at radius 2 is 2.00 bits per heavy atom. The Labute approximate surface area is 132 Å². The number of hydrogen-bond acceptors (Lipinski definition) is 3. The van der Waals surface area contributed by atoms with E-state index in [0.717, 1.165) is 28.2 Å². The van der Waals surface area contributed by atoms with E-state index in [1.165, 1.54) is 0 Å². The van der Waals surface area contributed by atoms with Gasteiger partial charge in [-0.05, 0) is 30.9 Å². The molecule has 1 unspecified atom stereocenters. The molecule has 0 amide bonds. The van der Waals surface area contributed by atoms with Gasteiger partial charge in [-0.15, -0.1) is 0 Å². The molecule has 1 aromatic rings. The lowest BCUT2D eigenvalue weighted by molar-refractivity contribution is -0.138. The fourth-order valence-electron chi connectivity index (χ4n) is 2.81. The number of esters is 1. The first-order valence-corrected chi connectivity index (χ1v) is 7.87. The minimum Gasteiger partial charge on any atom is -0.464 e. The summed E-state index contributed by atoms with van der Waals surface area (Å²) in [5.74, 6) is 0.297. The number of benzene rings is 1. The second-order valence-electron chi connectivity index (χ2n) is 6.07. The third-order valence-electron chi connectivity index (χ3n) is 3.75. The maximum Gasteiger partial charge on any atom is 0.329 e. The van der Waals surface area contributed by atoms with E-state index in [1.54, 1.807) is 0 Å². The molecular weight excluding hydrogens is 282 g/mol. The zero-order valence-electron chi connectivity index (χ0n) is 13.2. The molecule has 2 rings (SSSR count). The highest BCUT2D eigenvalue weighted by atomic mass is 32.1. The van der Waals surface area contributed by atoms with Gasteiger partial charge in [0, 0.05) is 18.5 Å². The van der Waals surface area contributed by atoms with Crippen molar-refractivity contribution >= 4 is 28.9 Å². The Hall–Kier alpha value is -1.42. The summed E-state index contributed by atoms with van der Waals surface area (Å²) in [5.41, 5.74) is 3.34. The van der Waals surface area contributed by atoms with Gasteiger partial charge >= 0.3 is 5.97 Å². The van der Waals surface area contributed by atoms with E-state index in [0.29, 0.717) is 18.9 Å². The molecule has 1 atom stereocenters. The summed E-state index contributed by atoms with van der Waals surface area (Å²) >= 11 is 5.66. The fourth-order valence-corrected chi connectivity index (χ4v) is 3.36. The average molecular weight is 305 g/mol. The number of hydrogen-bond donors (Lipinski definition) is 0. The van der Waals surface area contributed by atoms with Gasteiger partial charge in [0.15, 0.2) is 0 Å². The van der Waals surface area contributed by atoms with Crippen LogP contribution in [0.1, 0.15) is 37.8 Å². The summed E-state index contributed by atoms with van der Waals surface area (Å²) in [6.45, 7) is 8.89. The minimum atomic E-state index is -0.281. The van der Waals surface area contributed by atoms with Crippen LogP contribution in [0.5, 0.6) is 0 Å². The lowest BCUT2D eigenvalue weighted by Gasteiger charge is -2.32. The van der Waals surface area contributed by atoms with Crippen LogP contribution < -0.4 is 4.90 Å². The van der Waals surface area contributed by atoms with Crippen LogP contribution in [0.15, 0.2) is 18.2 Å². The lowest BCUT2D eigenvalue weighted by atomic mass is 10.0. The molecule has 0 radical (unpaired) electrons. The van der Waals surface area contributed by atoms with E-state index >= 15 is 0 Å². The number of rotatable bonds is 4. The van der Waals surface area contributed by atoms with Gasteiger partial charge in [-0.3, -0.25) is 0 Å². The summed E-state index contributed by atoms with van der Waals surface area (Å²) < 4.78 is 5.16. The van der Waals surface area contributed by atoms with Crippen molar-refractivity contribution in [3.8, 4) is 0 Å². The molecule has 1 heterocycles. The topological polar surface area (TPSA) is 29.5 Å². The van der Waals surface area contributed by atoms with Crippen molar-refractivity contribution in [2.24, 2.45) is 5.92 Å². The molecule has 0 N–H and O–H groups in total. The number of cyclic esters (lactones) is 1. The minimum absolute atomic E-state index is 0.163. The molecule has 1 saturated heterocycles. The van der Waals surface area contributed by atoms with Crippen molar-refractivity contribution in [2.45, 2.75) is 46.6 Å². The first-order chi connectivity index (χ1) is 9.91. The van der Waals surface area contributed by atoms with Gasteiger partial charge in [-0.2, -0.15) is 0 Å². The number of para-hydroxylation sites is 1. The third kappa shape index (κ3) is 3.43. The van der Waals surface area contributed by atoms with Crippen molar-refractivity contribution in [3.63, 3.8) is 0 Å². The molecule has 4 heteroatoms. The van der Waals surface area contributed by atoms with E-state index in [-0.39, 0.29) is 12.0 Å². The van der Waals surface area contributed by atoms with E-state index in [9.17, 15) is 4.79 Å². The summed E-state index contributed by atoms with van der Waals surface area (Å²) in [4.78, 5) is 14.9. The van der Waals surface area contributed by atoms with E-state index in [2.05, 4.69) is 39.8 Å². The number of carbonyl (C=O) groups excluding carboxylic acids is 1. The molecule has 114 valence electrons. The maximum atomic E-state index is 12.1. The largest absolute Gasteiger partial charge is 0.464 e. The van der Waals surface area contributed by atoms with Crippen LogP contribution in [-0.2, 0) is 9.53 Å². The number of aryl methyl sites for hydroxylation is 2. The third-order valence-corrected chi connectivity index (χ3v) is 4.11. The molecule has 3 nitrogen and oxygen atoms in total. The van der Waals surface area contributed by atoms with Crippen molar-refractivity contribution < 1.29 is 9.53 Å².